The first-order valence-electron chi connectivity index (χ1n) is 6.37. The average Bonchev–Trinajstić information content (AvgIpc) is 2.39. The maximum Gasteiger partial charge on any atom is 0.240 e. The molecular formula is C14H18F2N2O2. The fraction of sp³-hybridized carbons (Fsp3) is 0.429. The van der Waals surface area contributed by atoms with Gasteiger partial charge in [0, 0.05) is 0 Å². The zero-order valence-corrected chi connectivity index (χ0v) is 11.5. The zero-order chi connectivity index (χ0) is 15.3. The summed E-state index contributed by atoms with van der Waals surface area (Å²) in [6.07, 6.45) is 0.538. The molecule has 0 aromatic heterocycles. The summed E-state index contributed by atoms with van der Waals surface area (Å²) in [6, 6.07) is 2.47. The van der Waals surface area contributed by atoms with E-state index in [0.717, 1.165) is 12.1 Å². The molecule has 0 unspecified atom stereocenters. The molecule has 0 aliphatic heterocycles. The summed E-state index contributed by atoms with van der Waals surface area (Å²) < 4.78 is 25.8. The molecule has 2 atom stereocenters. The average molecular weight is 284 g/mol. The minimum Gasteiger partial charge on any atom is -0.368 e. The van der Waals surface area contributed by atoms with Gasteiger partial charge in [0.15, 0.2) is 11.6 Å². The van der Waals surface area contributed by atoms with Gasteiger partial charge >= 0.3 is 0 Å². The Morgan fingerprint density at radius 1 is 1.30 bits per heavy atom. The van der Waals surface area contributed by atoms with Crippen LogP contribution in [0.25, 0.3) is 0 Å². The van der Waals surface area contributed by atoms with Crippen LogP contribution in [0.4, 0.5) is 8.78 Å². The second kappa shape index (κ2) is 6.98. The van der Waals surface area contributed by atoms with Crippen molar-refractivity contribution in [2.24, 2.45) is 11.7 Å². The number of amides is 2. The third-order valence-corrected chi connectivity index (χ3v) is 3.18. The van der Waals surface area contributed by atoms with Crippen LogP contribution in [0.3, 0.4) is 0 Å². The highest BCUT2D eigenvalue weighted by atomic mass is 19.2. The number of halogens is 2. The molecule has 0 aliphatic carbocycles. The SMILES string of the molecule is CC[C@H](C)[C@@H](NC(=O)Cc1ccc(F)c(F)c1)C(N)=O. The second-order valence-electron chi connectivity index (χ2n) is 4.76. The third-order valence-electron chi connectivity index (χ3n) is 3.18. The van der Waals surface area contributed by atoms with Crippen LogP contribution in [0.5, 0.6) is 0 Å². The van der Waals surface area contributed by atoms with E-state index in [1.807, 2.05) is 6.92 Å². The van der Waals surface area contributed by atoms with Gasteiger partial charge in [0.05, 0.1) is 6.42 Å². The molecule has 6 heteroatoms. The molecule has 1 rings (SSSR count). The maximum atomic E-state index is 13.0. The van der Waals surface area contributed by atoms with Crippen molar-refractivity contribution in [1.29, 1.82) is 0 Å². The van der Waals surface area contributed by atoms with Crippen LogP contribution in [0.15, 0.2) is 18.2 Å². The Kier molecular flexibility index (Phi) is 5.61. The lowest BCUT2D eigenvalue weighted by Crippen LogP contribution is -2.48. The Morgan fingerprint density at radius 2 is 1.95 bits per heavy atom. The fourth-order valence-electron chi connectivity index (χ4n) is 1.79. The summed E-state index contributed by atoms with van der Waals surface area (Å²) in [6.45, 7) is 3.68. The van der Waals surface area contributed by atoms with Crippen molar-refractivity contribution in [3.63, 3.8) is 0 Å². The van der Waals surface area contributed by atoms with Crippen LogP contribution in [-0.2, 0) is 16.0 Å². The highest BCUT2D eigenvalue weighted by Crippen LogP contribution is 2.11. The summed E-state index contributed by atoms with van der Waals surface area (Å²) in [5.41, 5.74) is 5.56. The monoisotopic (exact) mass is 284 g/mol. The number of hydrogen-bond acceptors (Lipinski definition) is 2. The molecule has 0 aliphatic rings. The first kappa shape index (κ1) is 16.1. The van der Waals surface area contributed by atoms with E-state index in [2.05, 4.69) is 5.32 Å². The number of nitrogens with one attached hydrogen (secondary N) is 1. The molecule has 110 valence electrons. The molecule has 4 nitrogen and oxygen atoms in total. The van der Waals surface area contributed by atoms with Gasteiger partial charge in [-0.2, -0.15) is 0 Å². The Balaban J connectivity index is 2.70. The molecule has 2 amide bonds. The van der Waals surface area contributed by atoms with Gasteiger partial charge in [-0.25, -0.2) is 8.78 Å². The van der Waals surface area contributed by atoms with Crippen molar-refractivity contribution < 1.29 is 18.4 Å². The second-order valence-corrected chi connectivity index (χ2v) is 4.76. The predicted octanol–water partition coefficient (Wildman–Crippen LogP) is 1.52. The summed E-state index contributed by atoms with van der Waals surface area (Å²) in [4.78, 5) is 23.1. The molecule has 20 heavy (non-hydrogen) atoms. The molecule has 3 N–H and O–H groups in total. The highest BCUT2D eigenvalue weighted by molar-refractivity contribution is 5.87. The van der Waals surface area contributed by atoms with Gasteiger partial charge in [-0.15, -0.1) is 0 Å². The molecule has 0 spiro atoms. The molecule has 0 saturated carbocycles. The third kappa shape index (κ3) is 4.29. The molecule has 0 fully saturated rings. The molecule has 1 aromatic rings. The van der Waals surface area contributed by atoms with Crippen LogP contribution in [0.1, 0.15) is 25.8 Å². The number of hydrogen-bond donors (Lipinski definition) is 2. The maximum absolute atomic E-state index is 13.0. The quantitative estimate of drug-likeness (QED) is 0.831. The number of rotatable bonds is 6. The van der Waals surface area contributed by atoms with Gasteiger partial charge in [0.2, 0.25) is 11.8 Å². The number of benzene rings is 1. The standard InChI is InChI=1S/C14H18F2N2O2/c1-3-8(2)13(14(17)20)18-12(19)7-9-4-5-10(15)11(16)6-9/h4-6,8,13H,3,7H2,1-2H3,(H2,17,20)(H,18,19)/t8-,13+/m0/s1. The Bertz CT molecular complexity index is 506. The normalized spacial score (nSPS) is 13.6. The minimum absolute atomic E-state index is 0.0959. The Hall–Kier alpha value is -1.98. The minimum atomic E-state index is -1.01. The fourth-order valence-corrected chi connectivity index (χ4v) is 1.79. The van der Waals surface area contributed by atoms with Crippen molar-refractivity contribution in [2.45, 2.75) is 32.7 Å². The lowest BCUT2D eigenvalue weighted by atomic mass is 9.98. The van der Waals surface area contributed by atoms with E-state index in [1.165, 1.54) is 6.07 Å². The van der Waals surface area contributed by atoms with Crippen molar-refractivity contribution >= 4 is 11.8 Å². The van der Waals surface area contributed by atoms with Crippen LogP contribution in [0.2, 0.25) is 0 Å². The predicted molar refractivity (Wildman–Crippen MR) is 70.6 cm³/mol. The molecule has 0 heterocycles. The first-order valence-corrected chi connectivity index (χ1v) is 6.37. The van der Waals surface area contributed by atoms with Crippen molar-refractivity contribution in [2.75, 3.05) is 0 Å². The van der Waals surface area contributed by atoms with E-state index in [9.17, 15) is 18.4 Å². The van der Waals surface area contributed by atoms with E-state index in [4.69, 9.17) is 5.73 Å². The lowest BCUT2D eigenvalue weighted by Gasteiger charge is -2.21. The summed E-state index contributed by atoms with van der Waals surface area (Å²) >= 11 is 0. The summed E-state index contributed by atoms with van der Waals surface area (Å²) in [7, 11) is 0. The molecule has 0 radical (unpaired) electrons. The number of nitrogens with two attached hydrogens (primary N) is 1. The number of carbonyl (C=O) groups is 2. The molecular weight excluding hydrogens is 266 g/mol. The lowest BCUT2D eigenvalue weighted by molar-refractivity contribution is -0.128. The van der Waals surface area contributed by atoms with Gasteiger partial charge in [-0.3, -0.25) is 9.59 Å². The smallest absolute Gasteiger partial charge is 0.240 e. The van der Waals surface area contributed by atoms with Gasteiger partial charge in [0.1, 0.15) is 6.04 Å². The van der Waals surface area contributed by atoms with Gasteiger partial charge in [-0.1, -0.05) is 26.3 Å². The highest BCUT2D eigenvalue weighted by Gasteiger charge is 2.23. The molecule has 1 aromatic carbocycles. The van der Waals surface area contributed by atoms with Crippen molar-refractivity contribution in [1.82, 2.24) is 5.32 Å². The van der Waals surface area contributed by atoms with Crippen LogP contribution in [-0.4, -0.2) is 17.9 Å². The van der Waals surface area contributed by atoms with Crippen LogP contribution < -0.4 is 11.1 Å². The van der Waals surface area contributed by atoms with Crippen LogP contribution in [0, 0.1) is 17.6 Å². The van der Waals surface area contributed by atoms with Gasteiger partial charge in [-0.05, 0) is 23.6 Å². The summed E-state index contributed by atoms with van der Waals surface area (Å²) in [5, 5.41) is 2.52. The van der Waals surface area contributed by atoms with Gasteiger partial charge < -0.3 is 11.1 Å². The van der Waals surface area contributed by atoms with Crippen molar-refractivity contribution in [3.05, 3.63) is 35.4 Å². The number of primary amides is 1. The Morgan fingerprint density at radius 3 is 2.45 bits per heavy atom. The van der Waals surface area contributed by atoms with E-state index in [-0.39, 0.29) is 12.3 Å². The largest absolute Gasteiger partial charge is 0.368 e. The van der Waals surface area contributed by atoms with E-state index >= 15 is 0 Å². The van der Waals surface area contributed by atoms with Crippen LogP contribution >= 0.6 is 0 Å². The molecule has 0 bridgehead atoms. The first-order chi connectivity index (χ1) is 9.35. The zero-order valence-electron chi connectivity index (χ0n) is 11.5. The molecule has 0 saturated heterocycles. The summed E-state index contributed by atoms with van der Waals surface area (Å²) in [5.74, 6) is -3.15. The van der Waals surface area contributed by atoms with E-state index in [1.54, 1.807) is 6.92 Å². The van der Waals surface area contributed by atoms with Crippen molar-refractivity contribution in [3.8, 4) is 0 Å². The Labute approximate surface area is 116 Å². The topological polar surface area (TPSA) is 72.2 Å². The van der Waals surface area contributed by atoms with E-state index < -0.39 is 29.5 Å². The number of carbonyl (C=O) groups excluding carboxylic acids is 2. The van der Waals surface area contributed by atoms with E-state index in [0.29, 0.717) is 12.0 Å². The van der Waals surface area contributed by atoms with Gasteiger partial charge in [0.25, 0.3) is 0 Å².